The summed E-state index contributed by atoms with van der Waals surface area (Å²) in [6.07, 6.45) is 0. The SMILES string of the molecule is [La].[La].[La].[La].[La].[La].[La].[La].[La].[La].[La].[La].[La].[La].[La].[La].[La].[La].[La].[La].[La].[La].[La].[La].[La].[La].[La].[La].[La].[La].[La].[La].[La].[La].[La].[La].[La].[La].[La].[La].[La].[La].[La].[La].[La].[La].[La].[La].[La].[La].[La].[La].[La].[La].[La].[La].[La].[La].[La].[La].[La].[La].[La].[La].[La].[La].[La].[La].[La].[La].[La].[La].[La].[La].[La].[La].[La].[La].[La].[La].[La].[La].[La].[La].[La].[La].[La].[La].[La].[La].[La].[La].[La].[La].[La].[La].[La].[La].[La].[La].[La].[La].[La].[La].[La].[La].[La].[La].[La].[La].[La].[La].[La].[La].[La].[La].[La].[La].[La].[La].[La].[La].[La].[La].[La].[La].[La].[La].[La].[La].[La].[La].[La].[La].[La]. The van der Waals surface area contributed by atoms with Crippen molar-refractivity contribution in [2.24, 2.45) is 0 Å². The fraction of sp³-hybridized carbons (Fsp3) is 0. The molecule has 0 aliphatic heterocycles. The smallest absolute Gasteiger partial charge is 0 e. The first kappa shape index (κ1) is 993. The van der Waals surface area contributed by atoms with Crippen molar-refractivity contribution in [2.45, 2.75) is 0 Å². The van der Waals surface area contributed by atoms with Gasteiger partial charge in [-0.05, 0) is 0 Å². The van der Waals surface area contributed by atoms with Crippen LogP contribution in [0.25, 0.3) is 0 Å². The molecule has 0 amide bonds. The second-order valence-electron chi connectivity index (χ2n) is 0. The van der Waals surface area contributed by atoms with Crippen LogP contribution in [-0.4, -0.2) is 0 Å². The third-order valence-electron chi connectivity index (χ3n) is 0. The summed E-state index contributed by atoms with van der Waals surface area (Å²) in [4.78, 5) is 0. The van der Waals surface area contributed by atoms with Crippen LogP contribution in [0.4, 0.5) is 0 Å². The summed E-state index contributed by atoms with van der Waals surface area (Å²) < 4.78 is 0. The van der Waals surface area contributed by atoms with Crippen LogP contribution in [0.5, 0.6) is 0 Å². The van der Waals surface area contributed by atoms with E-state index in [4.69, 9.17) is 0 Å². The Morgan fingerprint density at radius 3 is 0.00741 bits per heavy atom. The van der Waals surface area contributed by atoms with E-state index in [1.807, 2.05) is 0 Å². The normalized spacial score (nSPS) is 0. The molecule has 0 fully saturated rings. The van der Waals surface area contributed by atoms with E-state index in [1.54, 1.807) is 0 Å². The van der Waals surface area contributed by atoms with Crippen LogP contribution in [0, 0.1) is 4810 Å². The van der Waals surface area contributed by atoms with Gasteiger partial charge in [-0.15, -0.1) is 0 Å². The molecule has 135 heavy (non-hydrogen) atoms. The van der Waals surface area contributed by atoms with Gasteiger partial charge in [-0.2, -0.15) is 0 Å². The first-order chi connectivity index (χ1) is 0. The van der Waals surface area contributed by atoms with E-state index >= 15 is 0 Å². The summed E-state index contributed by atoms with van der Waals surface area (Å²) >= 11 is 0. The van der Waals surface area contributed by atoms with E-state index < -0.39 is 0 Å². The molecule has 135 radical (unpaired) electrons. The molecule has 0 heterocycles. The number of rotatable bonds is 0. The van der Waals surface area contributed by atoms with Gasteiger partial charge in [0.1, 0.15) is 0 Å². The molecular weight excluding hydrogens is 18800 g/mol. The molecule has 0 saturated heterocycles. The van der Waals surface area contributed by atoms with Gasteiger partial charge in [0.2, 0.25) is 0 Å². The zero-order valence-electron chi connectivity index (χ0n) is 77.9. The van der Waals surface area contributed by atoms with E-state index in [2.05, 4.69) is 0 Å². The maximum Gasteiger partial charge on any atom is 0 e. The summed E-state index contributed by atoms with van der Waals surface area (Å²) in [5, 5.41) is 0. The third-order valence-corrected chi connectivity index (χ3v) is 0. The predicted molar refractivity (Wildman–Crippen MR) is 0 cm³/mol. The molecule has 0 aromatic heterocycles. The average Bonchev–Trinajstić information content (AvgIpc) is 0. The van der Waals surface area contributed by atoms with Crippen molar-refractivity contribution < 1.29 is 4810 Å². The third kappa shape index (κ3) is 976. The van der Waals surface area contributed by atoms with Gasteiger partial charge in [0.25, 0.3) is 0 Å². The van der Waals surface area contributed by atoms with Crippen LogP contribution in [-0.2, 0) is 0 Å². The molecule has 0 rings (SSSR count). The minimum atomic E-state index is 0. The molecule has 0 saturated carbocycles. The molecule has 0 atom stereocenters. The van der Waals surface area contributed by atoms with Crippen molar-refractivity contribution >= 4 is 0 Å². The zero-order valence-corrected chi connectivity index (χ0v) is 567. The van der Waals surface area contributed by atoms with Gasteiger partial charge in [-0.3, -0.25) is 0 Å². The molecule has 0 aromatic rings. The number of hydrogen-bond donors (Lipinski definition) is 0. The standard InChI is InChI=1S/135La. The molecule has 0 aromatic carbocycles. The van der Waals surface area contributed by atoms with Crippen molar-refractivity contribution in [3.8, 4) is 0 Å². The van der Waals surface area contributed by atoms with Gasteiger partial charge in [0.05, 0.1) is 0 Å². The molecule has 0 bridgehead atoms. The van der Waals surface area contributed by atoms with E-state index in [0.717, 1.165) is 0 Å². The van der Waals surface area contributed by atoms with Crippen LogP contribution in [0.15, 0.2) is 0 Å². The van der Waals surface area contributed by atoms with E-state index in [0.29, 0.717) is 0 Å². The first-order valence-corrected chi connectivity index (χ1v) is 0. The monoisotopic (exact) mass is 18800 g/mol. The Bertz CT molecular complexity index is 0. The summed E-state index contributed by atoms with van der Waals surface area (Å²) in [5.74, 6) is 0. The Kier molecular flexibility index (Phi) is 7230. The molecule has 0 nitrogen and oxygen atoms in total. The molecule has 405 valence electrons. The maximum atomic E-state index is 0. The average molecular weight is 18800 g/mol. The van der Waals surface area contributed by atoms with Gasteiger partial charge >= 0.3 is 0 Å². The van der Waals surface area contributed by atoms with Crippen LogP contribution < -0.4 is 0 Å². The van der Waals surface area contributed by atoms with E-state index in [9.17, 15) is 0 Å². The predicted octanol–water partition coefficient (Wildman–Crippen LogP) is 0. The fourth-order valence-electron chi connectivity index (χ4n) is 0. The summed E-state index contributed by atoms with van der Waals surface area (Å²) in [6.45, 7) is 0. The van der Waals surface area contributed by atoms with Crippen LogP contribution in [0.1, 0.15) is 0 Å². The zero-order chi connectivity index (χ0) is 0. The van der Waals surface area contributed by atoms with Crippen molar-refractivity contribution in [1.29, 1.82) is 0 Å². The topological polar surface area (TPSA) is 0 Å². The molecule has 0 aliphatic rings. The van der Waals surface area contributed by atoms with Crippen molar-refractivity contribution in [1.82, 2.24) is 0 Å². The van der Waals surface area contributed by atoms with E-state index in [1.165, 1.54) is 0 Å². The summed E-state index contributed by atoms with van der Waals surface area (Å²) in [5.41, 5.74) is 0. The Balaban J connectivity index is 0. The van der Waals surface area contributed by atoms with Gasteiger partial charge < -0.3 is 0 Å². The molecular formula is La135. The Morgan fingerprint density at radius 1 is 0.00741 bits per heavy atom. The van der Waals surface area contributed by atoms with Gasteiger partial charge in [-0.1, -0.05) is 0 Å². The molecule has 0 aliphatic carbocycles. The largest absolute Gasteiger partial charge is 0 e. The van der Waals surface area contributed by atoms with Crippen molar-refractivity contribution in [3.63, 3.8) is 0 Å². The van der Waals surface area contributed by atoms with Crippen LogP contribution in [0.2, 0.25) is 0 Å². The van der Waals surface area contributed by atoms with E-state index in [-0.39, 0.29) is 4810 Å². The summed E-state index contributed by atoms with van der Waals surface area (Å²) in [6, 6.07) is 0. The molecule has 135 heteroatoms. The quantitative estimate of drug-likeness (QED) is 0.321. The minimum absolute atomic E-state index is 0. The fourth-order valence-corrected chi connectivity index (χ4v) is 0. The maximum absolute atomic E-state index is 0. The molecule has 0 spiro atoms. The van der Waals surface area contributed by atoms with Crippen molar-refractivity contribution in [3.05, 3.63) is 0 Å². The van der Waals surface area contributed by atoms with Crippen LogP contribution >= 0.6 is 0 Å². The second-order valence-corrected chi connectivity index (χ2v) is 0. The second kappa shape index (κ2) is 983. The van der Waals surface area contributed by atoms with Crippen LogP contribution in [0.3, 0.4) is 0 Å². The Morgan fingerprint density at radius 2 is 0.00741 bits per heavy atom. The molecule has 0 unspecified atom stereocenters. The Labute approximate surface area is 4610 Å². The van der Waals surface area contributed by atoms with Gasteiger partial charge in [0.15, 0.2) is 0 Å². The van der Waals surface area contributed by atoms with Gasteiger partial charge in [-0.25, -0.2) is 0 Å². The molecule has 0 N–H and O–H groups in total. The van der Waals surface area contributed by atoms with Crippen molar-refractivity contribution in [2.75, 3.05) is 0 Å². The Hall–Kier alpha value is 161. The summed E-state index contributed by atoms with van der Waals surface area (Å²) in [7, 11) is 0. The minimum Gasteiger partial charge on any atom is 0 e. The first-order valence-electron chi connectivity index (χ1n) is 0. The van der Waals surface area contributed by atoms with Gasteiger partial charge in [0, 0.05) is 4810 Å². The number of hydrogen-bond acceptors (Lipinski definition) is 0.